The Balaban J connectivity index is 1.75. The summed E-state index contributed by atoms with van der Waals surface area (Å²) in [4.78, 5) is 86.0. The van der Waals surface area contributed by atoms with Crippen molar-refractivity contribution in [2.75, 3.05) is 27.9 Å². The van der Waals surface area contributed by atoms with Gasteiger partial charge in [0.2, 0.25) is 11.6 Å². The van der Waals surface area contributed by atoms with E-state index in [2.05, 4.69) is 5.32 Å². The van der Waals surface area contributed by atoms with Crippen LogP contribution in [0.4, 0.5) is 0 Å². The Morgan fingerprint density at radius 1 is 0.882 bits per heavy atom. The Bertz CT molecular complexity index is 1880. The van der Waals surface area contributed by atoms with Gasteiger partial charge < -0.3 is 44.1 Å². The quantitative estimate of drug-likeness (QED) is 0.145. The van der Waals surface area contributed by atoms with Crippen LogP contribution in [0, 0.1) is 35.5 Å². The monoisotopic (exact) mass is 955 g/mol. The number of carbonyl (C=O) groups excluding carboxylic acids is 6. The highest BCUT2D eigenvalue weighted by Gasteiger charge is 2.55. The molecular weight excluding hydrogens is 873 g/mol. The minimum atomic E-state index is -2.01. The van der Waals surface area contributed by atoms with Gasteiger partial charge in [-0.25, -0.2) is 4.79 Å². The average molecular weight is 955 g/mol. The van der Waals surface area contributed by atoms with Gasteiger partial charge >= 0.3 is 5.97 Å². The normalized spacial score (nSPS) is 39.0. The molecule has 0 aromatic heterocycles. The maximum Gasteiger partial charge on any atom is 0.329 e. The fourth-order valence-electron chi connectivity index (χ4n) is 10.6. The minimum Gasteiger partial charge on any atom is -0.460 e. The molecule has 1 aliphatic carbocycles. The van der Waals surface area contributed by atoms with Crippen molar-refractivity contribution < 1.29 is 62.7 Å². The number of aliphatic hydroxyl groups is 2. The van der Waals surface area contributed by atoms with Crippen molar-refractivity contribution in [3.63, 3.8) is 0 Å². The highest BCUT2D eigenvalue weighted by molar-refractivity contribution is 6.39. The lowest BCUT2D eigenvalue weighted by Crippen LogP contribution is -2.67. The molecule has 3 N–H and O–H groups in total. The third kappa shape index (κ3) is 14.8. The Labute approximate surface area is 404 Å². The van der Waals surface area contributed by atoms with E-state index < -0.39 is 89.7 Å². The van der Waals surface area contributed by atoms with Gasteiger partial charge in [-0.15, -0.1) is 0 Å². The number of carbonyl (C=O) groups is 6. The van der Waals surface area contributed by atoms with E-state index in [0.717, 1.165) is 5.57 Å². The molecule has 0 aromatic carbocycles. The number of esters is 1. The molecule has 2 amide bonds. The Kier molecular flexibility index (Phi) is 22.0. The predicted molar refractivity (Wildman–Crippen MR) is 257 cm³/mol. The van der Waals surface area contributed by atoms with E-state index in [9.17, 15) is 39.0 Å². The molecule has 0 radical (unpaired) electrons. The van der Waals surface area contributed by atoms with E-state index >= 15 is 0 Å². The number of nitrogens with one attached hydrogen (secondary N) is 1. The second-order valence-corrected chi connectivity index (χ2v) is 20.3. The third-order valence-electron chi connectivity index (χ3n) is 14.9. The molecule has 15 atom stereocenters. The van der Waals surface area contributed by atoms with Gasteiger partial charge in [-0.1, -0.05) is 71.1 Å². The Hall–Kier alpha value is -3.86. The maximum absolute atomic E-state index is 14.8. The Morgan fingerprint density at radius 3 is 2.26 bits per heavy atom. The molecule has 0 spiro atoms. The van der Waals surface area contributed by atoms with Crippen molar-refractivity contribution >= 4 is 35.1 Å². The zero-order valence-corrected chi connectivity index (χ0v) is 42.6. The van der Waals surface area contributed by atoms with Gasteiger partial charge in [0.05, 0.1) is 24.4 Å². The number of piperidine rings is 1. The predicted octanol–water partition coefficient (Wildman–Crippen LogP) is 6.32. The van der Waals surface area contributed by atoms with E-state index in [1.54, 1.807) is 41.1 Å². The smallest absolute Gasteiger partial charge is 0.329 e. The molecule has 2 saturated heterocycles. The number of hydrogen-bond acceptors (Lipinski definition) is 13. The molecule has 4 aliphatic rings. The molecule has 15 nitrogen and oxygen atoms in total. The van der Waals surface area contributed by atoms with Gasteiger partial charge in [-0.05, 0) is 107 Å². The third-order valence-corrected chi connectivity index (χ3v) is 14.9. The standard InChI is InChI=1S/C53H82N2O13/c1-31-17-13-12-14-18-32(2)44(64-9)29-40-22-20-37(7)53(68-40,54-38(8)56)50(61)51(62)55-24-16-15-19-41(55)52(63)67-45(34(4)27-39-21-23-42(57)46(28-39)65-10)30-43(58)33(3)26-36(6)48(60)49(66-11)47(59)35(5)25-31/h12-14,17-18,26,31,33-35,37,39-42,44-46,48-49,57,60H,15-16,19-25,27-30H2,1-11H3,(H,54,56)/b14-12+,17-13+,32-18+,36-26+. The van der Waals surface area contributed by atoms with E-state index in [-0.39, 0.29) is 54.8 Å². The van der Waals surface area contributed by atoms with Crippen LogP contribution in [-0.4, -0.2) is 133 Å². The van der Waals surface area contributed by atoms with Crippen molar-refractivity contribution in [3.05, 3.63) is 47.6 Å². The number of cyclic esters (lactones) is 1. The number of hydrogen-bond donors (Lipinski definition) is 3. The summed E-state index contributed by atoms with van der Waals surface area (Å²) in [5.41, 5.74) is -0.742. The summed E-state index contributed by atoms with van der Waals surface area (Å²) in [6.45, 7) is 14.1. The number of allylic oxidation sites excluding steroid dienone is 6. The summed E-state index contributed by atoms with van der Waals surface area (Å²) in [7, 11) is 4.53. The second kappa shape index (κ2) is 26.4. The fourth-order valence-corrected chi connectivity index (χ4v) is 10.6. The number of amides is 2. The van der Waals surface area contributed by atoms with Crippen LogP contribution >= 0.6 is 0 Å². The van der Waals surface area contributed by atoms with Gasteiger partial charge in [0, 0.05) is 65.4 Å². The van der Waals surface area contributed by atoms with Crippen LogP contribution < -0.4 is 5.32 Å². The molecule has 3 aliphatic heterocycles. The SMILES string of the molecule is COC1CC2CCC(C)C(NC(C)=O)(O2)C(=O)C(=O)N2CCCCC2C(=O)OC(C(C)CC2CCC(O)C(OC)C2)CC(=O)C(C)/C=C(\C)C(O)C(OC)C(=O)C(C)CC(C)/C=C/C=C/C=C/1C. The number of methoxy groups -OCH3 is 3. The van der Waals surface area contributed by atoms with Crippen LogP contribution in [0.2, 0.25) is 0 Å². The topological polar surface area (TPSA) is 204 Å². The van der Waals surface area contributed by atoms with Crippen LogP contribution in [-0.2, 0) is 52.5 Å². The fraction of sp³-hybridized carbons (Fsp3) is 0.736. The minimum absolute atomic E-state index is 0.0102. The van der Waals surface area contributed by atoms with Gasteiger partial charge in [0.25, 0.3) is 11.7 Å². The van der Waals surface area contributed by atoms with E-state index in [4.69, 9.17) is 23.7 Å². The van der Waals surface area contributed by atoms with E-state index in [1.165, 1.54) is 18.9 Å². The van der Waals surface area contributed by atoms with Crippen LogP contribution in [0.15, 0.2) is 47.6 Å². The molecule has 68 heavy (non-hydrogen) atoms. The number of ketones is 3. The molecule has 15 heteroatoms. The molecule has 3 fully saturated rings. The molecule has 2 bridgehead atoms. The number of aliphatic hydroxyl groups excluding tert-OH is 2. The number of nitrogens with zero attached hydrogens (tertiary/aromatic N) is 1. The van der Waals surface area contributed by atoms with Crippen LogP contribution in [0.3, 0.4) is 0 Å². The first-order valence-electron chi connectivity index (χ1n) is 24.9. The molecule has 4 rings (SSSR count). The van der Waals surface area contributed by atoms with Crippen LogP contribution in [0.1, 0.15) is 132 Å². The van der Waals surface area contributed by atoms with Gasteiger partial charge in [-0.2, -0.15) is 0 Å². The molecule has 382 valence electrons. The van der Waals surface area contributed by atoms with Crippen LogP contribution in [0.25, 0.3) is 0 Å². The van der Waals surface area contributed by atoms with Crippen molar-refractivity contribution in [2.45, 2.75) is 187 Å². The van der Waals surface area contributed by atoms with Crippen molar-refractivity contribution in [1.29, 1.82) is 0 Å². The number of Topliss-reactive ketones (excluding diaryl/α,β-unsaturated/α-hetero) is 3. The zero-order chi connectivity index (χ0) is 50.5. The van der Waals surface area contributed by atoms with Gasteiger partial charge in [0.15, 0.2) is 5.78 Å². The first kappa shape index (κ1) is 56.7. The van der Waals surface area contributed by atoms with Crippen molar-refractivity contribution in [2.24, 2.45) is 35.5 Å². The molecular formula is C53H82N2O13. The van der Waals surface area contributed by atoms with E-state index in [0.29, 0.717) is 69.8 Å². The average Bonchev–Trinajstić information content (AvgIpc) is 3.30. The summed E-state index contributed by atoms with van der Waals surface area (Å²) in [6.07, 6.45) is 11.2. The largest absolute Gasteiger partial charge is 0.460 e. The van der Waals surface area contributed by atoms with Gasteiger partial charge in [0.1, 0.15) is 30.1 Å². The van der Waals surface area contributed by atoms with Crippen molar-refractivity contribution in [1.82, 2.24) is 10.2 Å². The first-order valence-corrected chi connectivity index (χ1v) is 24.9. The lowest BCUT2D eigenvalue weighted by atomic mass is 9.78. The maximum atomic E-state index is 14.8. The first-order chi connectivity index (χ1) is 32.2. The molecule has 0 aromatic rings. The lowest BCUT2D eigenvalue weighted by molar-refractivity contribution is -0.198. The molecule has 1 saturated carbocycles. The van der Waals surface area contributed by atoms with E-state index in [1.807, 2.05) is 58.1 Å². The zero-order valence-electron chi connectivity index (χ0n) is 42.6. The lowest BCUT2D eigenvalue weighted by Gasteiger charge is -2.46. The summed E-state index contributed by atoms with van der Waals surface area (Å²) >= 11 is 0. The number of fused-ring (bicyclic) bond motifs is 3. The highest BCUT2D eigenvalue weighted by Crippen LogP contribution is 2.38. The molecule has 3 heterocycles. The Morgan fingerprint density at radius 2 is 1.60 bits per heavy atom. The number of rotatable bonds is 7. The summed E-state index contributed by atoms with van der Waals surface area (Å²) in [5, 5.41) is 24.7. The van der Waals surface area contributed by atoms with Gasteiger partial charge in [-0.3, -0.25) is 24.0 Å². The molecule has 15 unspecified atom stereocenters. The highest BCUT2D eigenvalue weighted by atomic mass is 16.6. The summed E-state index contributed by atoms with van der Waals surface area (Å²) in [5.74, 6) is -5.80. The summed E-state index contributed by atoms with van der Waals surface area (Å²) in [6, 6.07) is -1.15. The van der Waals surface area contributed by atoms with Crippen molar-refractivity contribution in [3.8, 4) is 0 Å². The summed E-state index contributed by atoms with van der Waals surface area (Å²) < 4.78 is 29.9. The van der Waals surface area contributed by atoms with Crippen LogP contribution in [0.5, 0.6) is 0 Å². The second-order valence-electron chi connectivity index (χ2n) is 20.3. The number of ether oxygens (including phenoxy) is 5.